The second-order valence-electron chi connectivity index (χ2n) is 0. The third-order valence-corrected chi connectivity index (χ3v) is 0. The maximum Gasteiger partial charge on any atom is 0 e. The van der Waals surface area contributed by atoms with Crippen LogP contribution in [0.5, 0.6) is 0 Å². The Morgan fingerprint density at radius 2 is 0.500 bits per heavy atom. The molecule has 0 aromatic rings. The molecule has 6 heavy (non-hydrogen) atoms. The fourth-order valence-corrected chi connectivity index (χ4v) is 0. The monoisotopic (exact) mass is 449 g/mol. The van der Waals surface area contributed by atoms with Gasteiger partial charge in [0.25, 0.3) is 0 Å². The van der Waals surface area contributed by atoms with Gasteiger partial charge in [-0.25, -0.2) is 0 Å². The third kappa shape index (κ3) is 25.1. The van der Waals surface area contributed by atoms with Crippen molar-refractivity contribution >= 4 is 0 Å². The van der Waals surface area contributed by atoms with Crippen LogP contribution in [-0.2, 0) is 84.8 Å². The zero-order chi connectivity index (χ0) is 0. The topological polar surface area (TPSA) is 0 Å². The minimum atomic E-state index is 0. The number of hydrogen-bond acceptors (Lipinski definition) is 0. The van der Waals surface area contributed by atoms with Gasteiger partial charge in [-0.3, -0.25) is 0 Å². The van der Waals surface area contributed by atoms with Crippen LogP contribution in [0.2, 0.25) is 0 Å². The summed E-state index contributed by atoms with van der Waals surface area (Å²) in [5, 5.41) is 0. The van der Waals surface area contributed by atoms with Crippen molar-refractivity contribution in [2.75, 3.05) is 0 Å². The summed E-state index contributed by atoms with van der Waals surface area (Å²) >= 11 is 0. The van der Waals surface area contributed by atoms with Gasteiger partial charge in [-0.1, -0.05) is 0 Å². The van der Waals surface area contributed by atoms with Crippen molar-refractivity contribution in [3.8, 4) is 0 Å². The molecular formula is Cu4LaNi. The second kappa shape index (κ2) is 37.3. The Morgan fingerprint density at radius 1 is 0.500 bits per heavy atom. The standard InChI is InChI=1S/4Cu.La.Ni. The molecule has 0 aliphatic heterocycles. The molecule has 0 nitrogen and oxygen atoms in total. The van der Waals surface area contributed by atoms with Crippen LogP contribution >= 0.6 is 0 Å². The molecule has 0 fully saturated rings. The molecule has 0 aromatic heterocycles. The Labute approximate surface area is 118 Å². The minimum absolute atomic E-state index is 0. The molecule has 5 radical (unpaired) electrons. The summed E-state index contributed by atoms with van der Waals surface area (Å²) in [6.07, 6.45) is 0. The van der Waals surface area contributed by atoms with Crippen molar-refractivity contribution in [2.45, 2.75) is 0 Å². The van der Waals surface area contributed by atoms with Gasteiger partial charge in [0.1, 0.15) is 0 Å². The summed E-state index contributed by atoms with van der Waals surface area (Å²) in [6.45, 7) is 0. The first-order valence-corrected chi connectivity index (χ1v) is 0. The van der Waals surface area contributed by atoms with Gasteiger partial charge in [0.15, 0.2) is 0 Å². The van der Waals surface area contributed by atoms with Gasteiger partial charge >= 0.3 is 0 Å². The third-order valence-electron chi connectivity index (χ3n) is 0. The summed E-state index contributed by atoms with van der Waals surface area (Å²) in [7, 11) is 0. The van der Waals surface area contributed by atoms with Gasteiger partial charge < -0.3 is 0 Å². The molecule has 57 valence electrons. The average molecular weight is 452 g/mol. The maximum absolute atomic E-state index is 0. The van der Waals surface area contributed by atoms with Crippen molar-refractivity contribution < 1.29 is 120 Å². The quantitative estimate of drug-likeness (QED) is 0.455. The van der Waals surface area contributed by atoms with Crippen molar-refractivity contribution in [2.24, 2.45) is 0 Å². The molecule has 0 atom stereocenters. The molecule has 0 aliphatic carbocycles. The Bertz CT molecular complexity index is 7.51. The minimum Gasteiger partial charge on any atom is 0 e. The van der Waals surface area contributed by atoms with Crippen molar-refractivity contribution in [3.63, 3.8) is 0 Å². The van der Waals surface area contributed by atoms with E-state index in [9.17, 15) is 0 Å². The molecular weight excluding hydrogens is 452 g/mol. The zero-order valence-corrected chi connectivity index (χ0v) is 10.5. The van der Waals surface area contributed by atoms with Gasteiger partial charge in [-0.2, -0.15) is 0 Å². The van der Waals surface area contributed by atoms with E-state index in [1.807, 2.05) is 0 Å². The van der Waals surface area contributed by atoms with Crippen LogP contribution in [0.4, 0.5) is 0 Å². The maximum atomic E-state index is 0. The second-order valence-corrected chi connectivity index (χ2v) is 0. The molecule has 0 rings (SSSR count). The van der Waals surface area contributed by atoms with Crippen LogP contribution in [-0.4, -0.2) is 0 Å². The fourth-order valence-electron chi connectivity index (χ4n) is 0. The molecule has 0 N–H and O–H groups in total. The normalized spacial score (nSPS) is 0. The van der Waals surface area contributed by atoms with Gasteiger partial charge in [0, 0.05) is 120 Å². The molecule has 0 aliphatic rings. The van der Waals surface area contributed by atoms with E-state index in [0.29, 0.717) is 0 Å². The Kier molecular flexibility index (Phi) is 329. The first-order valence-electron chi connectivity index (χ1n) is 0. The van der Waals surface area contributed by atoms with Crippen LogP contribution < -0.4 is 0 Å². The van der Waals surface area contributed by atoms with Crippen molar-refractivity contribution in [3.05, 3.63) is 0 Å². The smallest absolute Gasteiger partial charge is 0 e. The summed E-state index contributed by atoms with van der Waals surface area (Å²) < 4.78 is 0. The van der Waals surface area contributed by atoms with E-state index in [4.69, 9.17) is 0 Å². The molecule has 0 heterocycles. The SMILES string of the molecule is [Cu].[Cu].[Cu].[Cu].[La].[Ni]. The van der Waals surface area contributed by atoms with Crippen LogP contribution in [0, 0.1) is 35.6 Å². The summed E-state index contributed by atoms with van der Waals surface area (Å²) in [4.78, 5) is 0. The van der Waals surface area contributed by atoms with E-state index < -0.39 is 0 Å². The van der Waals surface area contributed by atoms with Gasteiger partial charge in [-0.05, 0) is 0 Å². The predicted molar refractivity (Wildman–Crippen MR) is 0 cm³/mol. The molecule has 0 saturated carbocycles. The van der Waals surface area contributed by atoms with E-state index in [1.54, 1.807) is 0 Å². The summed E-state index contributed by atoms with van der Waals surface area (Å²) in [5.41, 5.74) is 0. The number of rotatable bonds is 0. The molecule has 6 heteroatoms. The van der Waals surface area contributed by atoms with Crippen LogP contribution in [0.15, 0.2) is 0 Å². The molecule has 0 unspecified atom stereocenters. The van der Waals surface area contributed by atoms with Crippen molar-refractivity contribution in [1.29, 1.82) is 0 Å². The van der Waals surface area contributed by atoms with E-state index in [2.05, 4.69) is 0 Å². The molecule has 0 bridgehead atoms. The van der Waals surface area contributed by atoms with Gasteiger partial charge in [0.05, 0.1) is 0 Å². The predicted octanol–water partition coefficient (Wildman–Crippen LogP) is -0.0125. The van der Waals surface area contributed by atoms with E-state index >= 15 is 0 Å². The zero-order valence-electron chi connectivity index (χ0n) is 2.10. The summed E-state index contributed by atoms with van der Waals surface area (Å²) in [5.74, 6) is 0. The largest absolute Gasteiger partial charge is 0 e. The van der Waals surface area contributed by atoms with Crippen molar-refractivity contribution in [1.82, 2.24) is 0 Å². The molecule has 0 amide bonds. The van der Waals surface area contributed by atoms with E-state index in [0.717, 1.165) is 0 Å². The van der Waals surface area contributed by atoms with Crippen LogP contribution in [0.1, 0.15) is 0 Å². The first-order chi connectivity index (χ1) is 0. The van der Waals surface area contributed by atoms with Crippen LogP contribution in [0.25, 0.3) is 0 Å². The first kappa shape index (κ1) is 52.9. The van der Waals surface area contributed by atoms with Gasteiger partial charge in [-0.15, -0.1) is 0 Å². The molecule has 0 spiro atoms. The van der Waals surface area contributed by atoms with Gasteiger partial charge in [0.2, 0.25) is 0 Å². The Balaban J connectivity index is 0. The Hall–Kier alpha value is 3.77. The average Bonchev–Trinajstić information content (AvgIpc) is 0. The number of hydrogen-bond donors (Lipinski definition) is 0. The summed E-state index contributed by atoms with van der Waals surface area (Å²) in [6, 6.07) is 0. The van der Waals surface area contributed by atoms with E-state index in [1.165, 1.54) is 0 Å². The van der Waals surface area contributed by atoms with Crippen LogP contribution in [0.3, 0.4) is 0 Å². The molecule has 0 saturated heterocycles. The Morgan fingerprint density at radius 3 is 0.500 bits per heavy atom. The molecule has 0 aromatic carbocycles. The van der Waals surface area contributed by atoms with E-state index in [-0.39, 0.29) is 120 Å². The fraction of sp³-hybridized carbons (Fsp3) is 0.